The summed E-state index contributed by atoms with van der Waals surface area (Å²) in [5.41, 5.74) is 0.725. The number of morpholine rings is 1. The molecular formula is C13H15IN2O4. The number of amides is 2. The molecule has 0 saturated carbocycles. The number of hydrogen-bond donors (Lipinski definition) is 2. The molecule has 1 aromatic rings. The highest BCUT2D eigenvalue weighted by Gasteiger charge is 2.25. The number of nitrogens with one attached hydrogen (secondary N) is 1. The van der Waals surface area contributed by atoms with Gasteiger partial charge in [0.05, 0.1) is 19.1 Å². The number of urea groups is 1. The topological polar surface area (TPSA) is 78.9 Å². The lowest BCUT2D eigenvalue weighted by Crippen LogP contribution is -2.47. The second kappa shape index (κ2) is 6.89. The third kappa shape index (κ3) is 4.34. The molecule has 1 atom stereocenters. The molecule has 1 saturated heterocycles. The average Bonchev–Trinajstić information content (AvgIpc) is 2.38. The van der Waals surface area contributed by atoms with Gasteiger partial charge in [-0.3, -0.25) is 4.79 Å². The number of benzene rings is 1. The molecule has 1 heterocycles. The first-order valence-electron chi connectivity index (χ1n) is 6.19. The summed E-state index contributed by atoms with van der Waals surface area (Å²) >= 11 is 2.17. The summed E-state index contributed by atoms with van der Waals surface area (Å²) in [5.74, 6) is -0.921. The maximum Gasteiger partial charge on any atom is 0.322 e. The van der Waals surface area contributed by atoms with Crippen LogP contribution in [0.4, 0.5) is 10.5 Å². The van der Waals surface area contributed by atoms with E-state index in [1.807, 2.05) is 24.3 Å². The second-order valence-electron chi connectivity index (χ2n) is 4.48. The van der Waals surface area contributed by atoms with E-state index in [0.29, 0.717) is 19.7 Å². The van der Waals surface area contributed by atoms with Crippen LogP contribution >= 0.6 is 22.6 Å². The predicted molar refractivity (Wildman–Crippen MR) is 81.7 cm³/mol. The van der Waals surface area contributed by atoms with Crippen molar-refractivity contribution in [1.29, 1.82) is 0 Å². The molecule has 0 spiro atoms. The van der Waals surface area contributed by atoms with Gasteiger partial charge in [0.2, 0.25) is 0 Å². The number of rotatable bonds is 3. The van der Waals surface area contributed by atoms with E-state index in [9.17, 15) is 9.59 Å². The van der Waals surface area contributed by atoms with E-state index in [1.165, 1.54) is 0 Å². The fraction of sp³-hybridized carbons (Fsp3) is 0.385. The van der Waals surface area contributed by atoms with Gasteiger partial charge in [0.25, 0.3) is 0 Å². The number of anilines is 1. The summed E-state index contributed by atoms with van der Waals surface area (Å²) in [7, 11) is 0. The van der Waals surface area contributed by atoms with Gasteiger partial charge in [-0.2, -0.15) is 0 Å². The smallest absolute Gasteiger partial charge is 0.322 e. The van der Waals surface area contributed by atoms with Gasteiger partial charge in [-0.1, -0.05) is 6.07 Å². The molecule has 1 aromatic carbocycles. The normalized spacial score (nSPS) is 18.6. The summed E-state index contributed by atoms with van der Waals surface area (Å²) in [4.78, 5) is 24.4. The lowest BCUT2D eigenvalue weighted by molar-refractivity contribution is -0.141. The first-order valence-corrected chi connectivity index (χ1v) is 7.27. The minimum absolute atomic E-state index is 0.0903. The summed E-state index contributed by atoms with van der Waals surface area (Å²) in [6.07, 6.45) is -0.532. The molecule has 1 unspecified atom stereocenters. The lowest BCUT2D eigenvalue weighted by atomic mass is 10.2. The van der Waals surface area contributed by atoms with Crippen LogP contribution in [0.25, 0.3) is 0 Å². The maximum atomic E-state index is 12.1. The van der Waals surface area contributed by atoms with Crippen molar-refractivity contribution in [3.8, 4) is 0 Å². The molecule has 20 heavy (non-hydrogen) atoms. The Morgan fingerprint density at radius 1 is 1.50 bits per heavy atom. The number of carboxylic acids is 1. The van der Waals surface area contributed by atoms with Gasteiger partial charge in [0.1, 0.15) is 0 Å². The van der Waals surface area contributed by atoms with Gasteiger partial charge in [-0.05, 0) is 40.8 Å². The molecule has 2 rings (SSSR count). The highest BCUT2D eigenvalue weighted by molar-refractivity contribution is 14.1. The molecule has 0 bridgehead atoms. The van der Waals surface area contributed by atoms with Crippen molar-refractivity contribution in [3.05, 3.63) is 27.8 Å². The van der Waals surface area contributed by atoms with Gasteiger partial charge in [0.15, 0.2) is 0 Å². The Balaban J connectivity index is 1.93. The number of ether oxygens (including phenoxy) is 1. The molecule has 1 fully saturated rings. The second-order valence-corrected chi connectivity index (χ2v) is 5.72. The standard InChI is InChI=1S/C13H15IN2O4/c14-9-2-1-3-10(6-9)15-13(19)16-4-5-20-11(8-16)7-12(17)18/h1-3,6,11H,4-5,7-8H2,(H,15,19)(H,17,18). The molecule has 0 aromatic heterocycles. The van der Waals surface area contributed by atoms with Crippen LogP contribution in [0.5, 0.6) is 0 Å². The number of carboxylic acid groups (broad SMARTS) is 1. The van der Waals surface area contributed by atoms with Crippen LogP contribution in [0.15, 0.2) is 24.3 Å². The molecule has 1 aliphatic rings. The zero-order chi connectivity index (χ0) is 14.5. The molecule has 6 nitrogen and oxygen atoms in total. The monoisotopic (exact) mass is 390 g/mol. The van der Waals surface area contributed by atoms with Crippen molar-refractivity contribution < 1.29 is 19.4 Å². The third-order valence-corrected chi connectivity index (χ3v) is 3.58. The van der Waals surface area contributed by atoms with E-state index < -0.39 is 12.1 Å². The Hall–Kier alpha value is -1.35. The summed E-state index contributed by atoms with van der Waals surface area (Å²) < 4.78 is 6.37. The molecule has 0 aliphatic carbocycles. The Morgan fingerprint density at radius 2 is 2.30 bits per heavy atom. The summed E-state index contributed by atoms with van der Waals surface area (Å²) in [6.45, 7) is 1.12. The maximum absolute atomic E-state index is 12.1. The predicted octanol–water partition coefficient (Wildman–Crippen LogP) is 2.00. The summed E-state index contributed by atoms with van der Waals surface area (Å²) in [6, 6.07) is 7.26. The van der Waals surface area contributed by atoms with Crippen molar-refractivity contribution >= 4 is 40.3 Å². The van der Waals surface area contributed by atoms with Gasteiger partial charge in [-0.15, -0.1) is 0 Å². The van der Waals surface area contributed by atoms with Crippen LogP contribution < -0.4 is 5.32 Å². The van der Waals surface area contributed by atoms with Gasteiger partial charge < -0.3 is 20.1 Å². The van der Waals surface area contributed by atoms with E-state index >= 15 is 0 Å². The van der Waals surface area contributed by atoms with Crippen LogP contribution in [0, 0.1) is 3.57 Å². The third-order valence-electron chi connectivity index (χ3n) is 2.90. The Bertz CT molecular complexity index is 509. The summed E-state index contributed by atoms with van der Waals surface area (Å²) in [5, 5.41) is 11.6. The van der Waals surface area contributed by atoms with Crippen molar-refractivity contribution in [2.24, 2.45) is 0 Å². The number of hydrogen-bond acceptors (Lipinski definition) is 3. The fourth-order valence-corrected chi connectivity index (χ4v) is 2.53. The first-order chi connectivity index (χ1) is 9.54. The zero-order valence-corrected chi connectivity index (χ0v) is 12.9. The van der Waals surface area contributed by atoms with Crippen molar-refractivity contribution in [2.75, 3.05) is 25.0 Å². The van der Waals surface area contributed by atoms with Crippen molar-refractivity contribution in [1.82, 2.24) is 4.90 Å². The molecule has 2 amide bonds. The largest absolute Gasteiger partial charge is 0.481 e. The van der Waals surface area contributed by atoms with Crippen LogP contribution in [-0.2, 0) is 9.53 Å². The molecule has 0 radical (unpaired) electrons. The van der Waals surface area contributed by atoms with Gasteiger partial charge in [0, 0.05) is 22.3 Å². The van der Waals surface area contributed by atoms with E-state index in [4.69, 9.17) is 9.84 Å². The minimum atomic E-state index is -0.921. The lowest BCUT2D eigenvalue weighted by Gasteiger charge is -2.32. The molecule has 2 N–H and O–H groups in total. The van der Waals surface area contributed by atoms with Crippen LogP contribution in [0.1, 0.15) is 6.42 Å². The SMILES string of the molecule is O=C(O)CC1CN(C(=O)Nc2cccc(I)c2)CCO1. The molecule has 108 valence electrons. The quantitative estimate of drug-likeness (QED) is 0.774. The number of aliphatic carboxylic acids is 1. The number of halogens is 1. The van der Waals surface area contributed by atoms with E-state index in [0.717, 1.165) is 9.26 Å². The Morgan fingerprint density at radius 3 is 3.00 bits per heavy atom. The number of nitrogens with zero attached hydrogens (tertiary/aromatic N) is 1. The molecular weight excluding hydrogens is 375 g/mol. The average molecular weight is 390 g/mol. The number of carbonyl (C=O) groups excluding carboxylic acids is 1. The van der Waals surface area contributed by atoms with E-state index in [1.54, 1.807) is 4.90 Å². The Labute approximate surface area is 130 Å². The van der Waals surface area contributed by atoms with Crippen molar-refractivity contribution in [2.45, 2.75) is 12.5 Å². The highest BCUT2D eigenvalue weighted by Crippen LogP contribution is 2.15. The first kappa shape index (κ1) is 15.0. The fourth-order valence-electron chi connectivity index (χ4n) is 1.99. The van der Waals surface area contributed by atoms with E-state index in [2.05, 4.69) is 27.9 Å². The Kier molecular flexibility index (Phi) is 5.18. The highest BCUT2D eigenvalue weighted by atomic mass is 127. The van der Waals surface area contributed by atoms with Crippen LogP contribution in [0.2, 0.25) is 0 Å². The zero-order valence-electron chi connectivity index (χ0n) is 10.7. The van der Waals surface area contributed by atoms with Crippen LogP contribution in [0.3, 0.4) is 0 Å². The molecule has 7 heteroatoms. The van der Waals surface area contributed by atoms with Crippen molar-refractivity contribution in [3.63, 3.8) is 0 Å². The number of carbonyl (C=O) groups is 2. The van der Waals surface area contributed by atoms with Crippen LogP contribution in [-0.4, -0.2) is 47.8 Å². The van der Waals surface area contributed by atoms with Gasteiger partial charge in [-0.25, -0.2) is 4.79 Å². The van der Waals surface area contributed by atoms with E-state index in [-0.39, 0.29) is 12.5 Å². The minimum Gasteiger partial charge on any atom is -0.481 e. The molecule has 1 aliphatic heterocycles. The van der Waals surface area contributed by atoms with Gasteiger partial charge >= 0.3 is 12.0 Å².